The van der Waals surface area contributed by atoms with Gasteiger partial charge in [0.2, 0.25) is 11.8 Å². The molecule has 0 N–H and O–H groups in total. The standard InChI is InChI=1S/C28H26ClN5O4S/c29-21-6-8-22(9-7-21)30-28-33(19-20-4-2-1-3-5-20)26(35)18-25(39-28)27(36)32-16-14-31(15-17-32)23-10-12-24(13-11-23)34(37)38/h1-13,25H,14-19H2. The van der Waals surface area contributed by atoms with Crippen molar-refractivity contribution in [2.24, 2.45) is 4.99 Å². The Morgan fingerprint density at radius 2 is 1.64 bits per heavy atom. The zero-order valence-corrected chi connectivity index (χ0v) is 22.6. The third kappa shape index (κ3) is 6.40. The first-order valence-corrected chi connectivity index (χ1v) is 13.8. The number of non-ortho nitro benzene ring substituents is 1. The molecule has 2 fully saturated rings. The lowest BCUT2D eigenvalue weighted by Gasteiger charge is -2.39. The molecule has 3 aromatic carbocycles. The summed E-state index contributed by atoms with van der Waals surface area (Å²) in [5.41, 5.74) is 2.55. The summed E-state index contributed by atoms with van der Waals surface area (Å²) in [4.78, 5) is 47.7. The molecular formula is C28H26ClN5O4S. The molecule has 0 aromatic heterocycles. The molecule has 1 atom stereocenters. The van der Waals surface area contributed by atoms with Crippen LogP contribution in [0.1, 0.15) is 12.0 Å². The summed E-state index contributed by atoms with van der Waals surface area (Å²) in [5.74, 6) is -0.229. The number of nitrogens with zero attached hydrogens (tertiary/aromatic N) is 5. The van der Waals surface area contributed by atoms with Gasteiger partial charge in [0.1, 0.15) is 5.25 Å². The van der Waals surface area contributed by atoms with Crippen molar-refractivity contribution in [2.45, 2.75) is 18.2 Å². The normalized spacial score (nSPS) is 18.9. The molecule has 1 unspecified atom stereocenters. The van der Waals surface area contributed by atoms with Gasteiger partial charge in [0.05, 0.1) is 17.2 Å². The summed E-state index contributed by atoms with van der Waals surface area (Å²) >= 11 is 7.35. The molecule has 3 aromatic rings. The van der Waals surface area contributed by atoms with E-state index in [9.17, 15) is 19.7 Å². The average molecular weight is 564 g/mol. The van der Waals surface area contributed by atoms with Crippen molar-refractivity contribution in [3.8, 4) is 0 Å². The molecule has 200 valence electrons. The van der Waals surface area contributed by atoms with Gasteiger partial charge in [-0.05, 0) is 42.0 Å². The SMILES string of the molecule is O=C(C1CC(=O)N(Cc2ccccc2)C(=Nc2ccc(Cl)cc2)S1)N1CCN(c2ccc([N+](=O)[O-])cc2)CC1. The van der Waals surface area contributed by atoms with Crippen LogP contribution in [0.4, 0.5) is 17.1 Å². The van der Waals surface area contributed by atoms with Crippen LogP contribution in [0.25, 0.3) is 0 Å². The maximum Gasteiger partial charge on any atom is 0.269 e. The smallest absolute Gasteiger partial charge is 0.269 e. The molecule has 0 saturated carbocycles. The van der Waals surface area contributed by atoms with Gasteiger partial charge in [-0.25, -0.2) is 4.99 Å². The van der Waals surface area contributed by atoms with E-state index >= 15 is 0 Å². The number of carbonyl (C=O) groups excluding carboxylic acids is 2. The highest BCUT2D eigenvalue weighted by molar-refractivity contribution is 8.15. The predicted octanol–water partition coefficient (Wildman–Crippen LogP) is 5.12. The second-order valence-corrected chi connectivity index (χ2v) is 10.8. The van der Waals surface area contributed by atoms with Crippen molar-refractivity contribution < 1.29 is 14.5 Å². The number of rotatable bonds is 6. The Bertz CT molecular complexity index is 1380. The van der Waals surface area contributed by atoms with Crippen LogP contribution in [0.2, 0.25) is 5.02 Å². The van der Waals surface area contributed by atoms with Gasteiger partial charge in [-0.2, -0.15) is 0 Å². The minimum absolute atomic E-state index is 0.0453. The molecule has 5 rings (SSSR count). The molecule has 0 spiro atoms. The van der Waals surface area contributed by atoms with Crippen LogP contribution >= 0.6 is 23.4 Å². The molecule has 2 aliphatic heterocycles. The van der Waals surface area contributed by atoms with Crippen LogP contribution in [0.3, 0.4) is 0 Å². The largest absolute Gasteiger partial charge is 0.368 e. The van der Waals surface area contributed by atoms with Crippen molar-refractivity contribution >= 4 is 57.4 Å². The minimum atomic E-state index is -0.568. The Morgan fingerprint density at radius 3 is 2.28 bits per heavy atom. The van der Waals surface area contributed by atoms with Crippen LogP contribution < -0.4 is 4.90 Å². The van der Waals surface area contributed by atoms with Crippen molar-refractivity contribution in [1.29, 1.82) is 0 Å². The third-order valence-electron chi connectivity index (χ3n) is 6.67. The molecule has 11 heteroatoms. The van der Waals surface area contributed by atoms with E-state index < -0.39 is 10.2 Å². The number of halogens is 1. The maximum absolute atomic E-state index is 13.5. The van der Waals surface area contributed by atoms with Gasteiger partial charge in [-0.1, -0.05) is 53.7 Å². The van der Waals surface area contributed by atoms with E-state index in [0.717, 1.165) is 11.3 Å². The number of piperazine rings is 1. The fourth-order valence-corrected chi connectivity index (χ4v) is 5.86. The van der Waals surface area contributed by atoms with Gasteiger partial charge in [0.15, 0.2) is 5.17 Å². The summed E-state index contributed by atoms with van der Waals surface area (Å²) in [5, 5.41) is 11.4. The molecule has 2 heterocycles. The van der Waals surface area contributed by atoms with Crippen LogP contribution in [0, 0.1) is 10.1 Å². The van der Waals surface area contributed by atoms with E-state index in [-0.39, 0.29) is 23.9 Å². The maximum atomic E-state index is 13.5. The summed E-state index contributed by atoms with van der Waals surface area (Å²) in [7, 11) is 0. The van der Waals surface area contributed by atoms with Crippen molar-refractivity contribution in [1.82, 2.24) is 9.80 Å². The molecule has 2 aliphatic rings. The number of hydrogen-bond acceptors (Lipinski definition) is 7. The number of thioether (sulfide) groups is 1. The first-order chi connectivity index (χ1) is 18.9. The topological polar surface area (TPSA) is 99.4 Å². The van der Waals surface area contributed by atoms with Crippen LogP contribution in [-0.4, -0.2) is 63.1 Å². The Kier molecular flexibility index (Phi) is 8.13. The highest BCUT2D eigenvalue weighted by Crippen LogP contribution is 2.32. The molecule has 0 aliphatic carbocycles. The Hall–Kier alpha value is -3.89. The minimum Gasteiger partial charge on any atom is -0.368 e. The van der Waals surface area contributed by atoms with E-state index in [2.05, 4.69) is 4.90 Å². The molecular weight excluding hydrogens is 538 g/mol. The quantitative estimate of drug-likeness (QED) is 0.305. The van der Waals surface area contributed by atoms with E-state index in [1.165, 1.54) is 23.9 Å². The molecule has 2 amide bonds. The lowest BCUT2D eigenvalue weighted by molar-refractivity contribution is -0.384. The Balaban J connectivity index is 1.29. The Morgan fingerprint density at radius 1 is 0.974 bits per heavy atom. The van der Waals surface area contributed by atoms with Gasteiger partial charge in [-0.3, -0.25) is 24.6 Å². The van der Waals surface area contributed by atoms with Gasteiger partial charge in [0, 0.05) is 55.4 Å². The second-order valence-electron chi connectivity index (χ2n) is 9.23. The van der Waals surface area contributed by atoms with Gasteiger partial charge < -0.3 is 9.80 Å². The van der Waals surface area contributed by atoms with Crippen molar-refractivity contribution in [2.75, 3.05) is 31.1 Å². The molecule has 0 radical (unpaired) electrons. The van der Waals surface area contributed by atoms with Crippen molar-refractivity contribution in [3.05, 3.63) is 99.6 Å². The number of aliphatic imine (C=N–C) groups is 1. The average Bonchev–Trinajstić information content (AvgIpc) is 2.96. The molecule has 9 nitrogen and oxygen atoms in total. The summed E-state index contributed by atoms with van der Waals surface area (Å²) < 4.78 is 0. The zero-order chi connectivity index (χ0) is 27.4. The summed E-state index contributed by atoms with van der Waals surface area (Å²) in [6.07, 6.45) is 0.0958. The third-order valence-corrected chi connectivity index (χ3v) is 8.09. The van der Waals surface area contributed by atoms with Crippen molar-refractivity contribution in [3.63, 3.8) is 0 Å². The number of hydrogen-bond donors (Lipinski definition) is 0. The second kappa shape index (κ2) is 11.9. The predicted molar refractivity (Wildman–Crippen MR) is 153 cm³/mol. The van der Waals surface area contributed by atoms with Gasteiger partial charge >= 0.3 is 0 Å². The molecule has 0 bridgehead atoms. The van der Waals surface area contributed by atoms with Crippen LogP contribution in [-0.2, 0) is 16.1 Å². The van der Waals surface area contributed by atoms with Crippen LogP contribution in [0.15, 0.2) is 83.9 Å². The summed E-state index contributed by atoms with van der Waals surface area (Å²) in [6.45, 7) is 2.56. The molecule has 2 saturated heterocycles. The summed E-state index contributed by atoms with van der Waals surface area (Å²) in [6, 6.07) is 23.2. The number of amidine groups is 1. The fourth-order valence-electron chi connectivity index (χ4n) is 4.55. The van der Waals surface area contributed by atoms with E-state index in [1.54, 1.807) is 46.2 Å². The monoisotopic (exact) mass is 563 g/mol. The number of amides is 2. The molecule has 39 heavy (non-hydrogen) atoms. The van der Waals surface area contributed by atoms with Gasteiger partial charge in [-0.15, -0.1) is 0 Å². The number of benzene rings is 3. The number of anilines is 1. The number of carbonyl (C=O) groups is 2. The fraction of sp³-hybridized carbons (Fsp3) is 0.250. The zero-order valence-electron chi connectivity index (χ0n) is 21.0. The number of nitro benzene ring substituents is 1. The first kappa shape index (κ1) is 26.7. The number of nitro groups is 1. The van der Waals surface area contributed by atoms with E-state index in [1.807, 2.05) is 30.3 Å². The van der Waals surface area contributed by atoms with Gasteiger partial charge in [0.25, 0.3) is 5.69 Å². The first-order valence-electron chi connectivity index (χ1n) is 12.5. The highest BCUT2D eigenvalue weighted by Gasteiger charge is 2.38. The highest BCUT2D eigenvalue weighted by atomic mass is 35.5. The van der Waals surface area contributed by atoms with Crippen LogP contribution in [0.5, 0.6) is 0 Å². The van der Waals surface area contributed by atoms with E-state index in [0.29, 0.717) is 48.6 Å². The van der Waals surface area contributed by atoms with E-state index in [4.69, 9.17) is 16.6 Å². The lowest BCUT2D eigenvalue weighted by atomic mass is 10.1. The Labute approximate surface area is 235 Å². The lowest BCUT2D eigenvalue weighted by Crippen LogP contribution is -2.53.